The van der Waals surface area contributed by atoms with E-state index in [1.54, 1.807) is 47.1 Å². The Labute approximate surface area is 211 Å². The summed E-state index contributed by atoms with van der Waals surface area (Å²) in [4.78, 5) is 25.0. The number of aryl methyl sites for hydroxylation is 1. The van der Waals surface area contributed by atoms with Gasteiger partial charge in [-0.25, -0.2) is 18.2 Å². The van der Waals surface area contributed by atoms with Gasteiger partial charge < -0.3 is 11.1 Å². The summed E-state index contributed by atoms with van der Waals surface area (Å²) < 4.78 is 24.9. The number of fused-ring (bicyclic) bond motifs is 3. The van der Waals surface area contributed by atoms with Gasteiger partial charge in [0.1, 0.15) is 0 Å². The van der Waals surface area contributed by atoms with Crippen LogP contribution >= 0.6 is 11.6 Å². The van der Waals surface area contributed by atoms with Crippen LogP contribution in [0.5, 0.6) is 0 Å². The summed E-state index contributed by atoms with van der Waals surface area (Å²) in [5, 5.41) is 12.9. The number of amides is 2. The van der Waals surface area contributed by atoms with Crippen molar-refractivity contribution in [3.63, 3.8) is 0 Å². The van der Waals surface area contributed by atoms with Gasteiger partial charge in [-0.2, -0.15) is 5.10 Å². The molecule has 1 heterocycles. The number of aromatic nitrogens is 2. The van der Waals surface area contributed by atoms with Crippen LogP contribution in [0.25, 0.3) is 16.9 Å². The van der Waals surface area contributed by atoms with E-state index in [1.165, 1.54) is 12.1 Å². The summed E-state index contributed by atoms with van der Waals surface area (Å²) in [6.45, 7) is 0. The number of halogens is 1. The number of hydrogen-bond donors (Lipinski definition) is 3. The molecule has 11 heteroatoms. The summed E-state index contributed by atoms with van der Waals surface area (Å²) >= 11 is 6.17. The van der Waals surface area contributed by atoms with E-state index in [0.29, 0.717) is 46.1 Å². The second-order valence-corrected chi connectivity index (χ2v) is 10.3. The van der Waals surface area contributed by atoms with Crippen LogP contribution in [0.4, 0.5) is 5.69 Å². The van der Waals surface area contributed by atoms with E-state index in [1.807, 2.05) is 12.1 Å². The Hall–Kier alpha value is -3.99. The molecule has 0 saturated carbocycles. The van der Waals surface area contributed by atoms with Gasteiger partial charge in [-0.1, -0.05) is 29.8 Å². The van der Waals surface area contributed by atoms with E-state index in [-0.39, 0.29) is 16.5 Å². The van der Waals surface area contributed by atoms with Crippen molar-refractivity contribution >= 4 is 39.1 Å². The summed E-state index contributed by atoms with van der Waals surface area (Å²) in [5.41, 5.74) is 10.2. The fourth-order valence-corrected chi connectivity index (χ4v) is 5.06. The SMILES string of the molecule is NC(=O)c1nn(-c2ccc(S(N)(=O)=O)cc2)c2c1CCc1ccc(NC(=O)c3ccccc3Cl)cc1-2. The molecule has 0 bridgehead atoms. The summed E-state index contributed by atoms with van der Waals surface area (Å²) in [6, 6.07) is 18.1. The highest BCUT2D eigenvalue weighted by Gasteiger charge is 2.28. The first-order chi connectivity index (χ1) is 17.1. The molecule has 9 nitrogen and oxygen atoms in total. The number of carbonyl (C=O) groups excluding carboxylic acids is 2. The molecule has 0 atom stereocenters. The molecule has 2 amide bonds. The zero-order valence-corrected chi connectivity index (χ0v) is 20.3. The Morgan fingerprint density at radius 1 is 1.00 bits per heavy atom. The third-order valence-corrected chi connectivity index (χ3v) is 7.27. The molecule has 1 aliphatic rings. The summed E-state index contributed by atoms with van der Waals surface area (Å²) in [5.74, 6) is -1.03. The van der Waals surface area contributed by atoms with E-state index in [9.17, 15) is 18.0 Å². The molecule has 5 N–H and O–H groups in total. The van der Waals surface area contributed by atoms with E-state index >= 15 is 0 Å². The molecule has 0 aliphatic heterocycles. The van der Waals surface area contributed by atoms with Crippen molar-refractivity contribution in [1.82, 2.24) is 9.78 Å². The van der Waals surface area contributed by atoms with Crippen LogP contribution < -0.4 is 16.2 Å². The number of primary amides is 1. The molecular weight excluding hydrogens is 502 g/mol. The number of nitrogens with two attached hydrogens (primary N) is 2. The van der Waals surface area contributed by atoms with Gasteiger partial charge in [-0.15, -0.1) is 0 Å². The van der Waals surface area contributed by atoms with E-state index < -0.39 is 15.9 Å². The van der Waals surface area contributed by atoms with Crippen molar-refractivity contribution in [1.29, 1.82) is 0 Å². The second kappa shape index (κ2) is 8.90. The van der Waals surface area contributed by atoms with Crippen LogP contribution in [0.15, 0.2) is 71.6 Å². The molecule has 0 saturated heterocycles. The molecule has 5 rings (SSSR count). The lowest BCUT2D eigenvalue weighted by Gasteiger charge is -2.20. The van der Waals surface area contributed by atoms with Crippen LogP contribution in [0.1, 0.15) is 32.0 Å². The summed E-state index contributed by atoms with van der Waals surface area (Å²) in [6.07, 6.45) is 1.19. The average molecular weight is 522 g/mol. The van der Waals surface area contributed by atoms with Crippen molar-refractivity contribution in [3.05, 3.63) is 94.1 Å². The van der Waals surface area contributed by atoms with Gasteiger partial charge in [0, 0.05) is 16.8 Å². The zero-order valence-electron chi connectivity index (χ0n) is 18.7. The molecule has 3 aromatic carbocycles. The molecule has 182 valence electrons. The molecule has 36 heavy (non-hydrogen) atoms. The Morgan fingerprint density at radius 3 is 2.39 bits per heavy atom. The quantitative estimate of drug-likeness (QED) is 0.368. The second-order valence-electron chi connectivity index (χ2n) is 8.30. The van der Waals surface area contributed by atoms with Gasteiger partial charge in [0.2, 0.25) is 10.0 Å². The third kappa shape index (κ3) is 4.26. The maximum atomic E-state index is 12.8. The monoisotopic (exact) mass is 521 g/mol. The summed E-state index contributed by atoms with van der Waals surface area (Å²) in [7, 11) is -3.87. The average Bonchev–Trinajstić information content (AvgIpc) is 3.24. The van der Waals surface area contributed by atoms with Crippen molar-refractivity contribution in [2.24, 2.45) is 10.9 Å². The Kier molecular flexibility index (Phi) is 5.87. The van der Waals surface area contributed by atoms with Crippen molar-refractivity contribution in [2.75, 3.05) is 5.32 Å². The highest BCUT2D eigenvalue weighted by Crippen LogP contribution is 2.38. The van der Waals surface area contributed by atoms with E-state index in [0.717, 1.165) is 11.1 Å². The Bertz CT molecular complexity index is 1650. The molecule has 1 aromatic heterocycles. The number of nitrogens with one attached hydrogen (secondary N) is 1. The number of hydrogen-bond acceptors (Lipinski definition) is 5. The normalized spacial score (nSPS) is 12.5. The lowest BCUT2D eigenvalue weighted by atomic mass is 9.88. The standard InChI is InChI=1S/C25H20ClN5O4S/c26-21-4-2-1-3-18(21)25(33)29-15-7-5-14-6-12-19-22(24(27)32)30-31(23(19)20(14)13-15)16-8-10-17(11-9-16)36(28,34)35/h1-5,7-11,13H,6,12H2,(H2,27,32)(H,29,33)(H2,28,34,35). The zero-order chi connectivity index (χ0) is 25.6. The van der Waals surface area contributed by atoms with Gasteiger partial charge in [0.15, 0.2) is 5.69 Å². The van der Waals surface area contributed by atoms with Crippen LogP contribution in [-0.4, -0.2) is 30.0 Å². The fraction of sp³-hybridized carbons (Fsp3) is 0.0800. The molecule has 4 aromatic rings. The number of primary sulfonamides is 1. The van der Waals surface area contributed by atoms with E-state index in [2.05, 4.69) is 10.4 Å². The van der Waals surface area contributed by atoms with Crippen LogP contribution in [0.3, 0.4) is 0 Å². The van der Waals surface area contributed by atoms with Crippen molar-refractivity contribution in [2.45, 2.75) is 17.7 Å². The van der Waals surface area contributed by atoms with Gasteiger partial charge in [-0.05, 0) is 66.9 Å². The van der Waals surface area contributed by atoms with Crippen LogP contribution in [-0.2, 0) is 22.9 Å². The number of nitrogens with zero attached hydrogens (tertiary/aromatic N) is 2. The predicted octanol–water partition coefficient (Wildman–Crippen LogP) is 3.29. The van der Waals surface area contributed by atoms with E-state index in [4.69, 9.17) is 22.5 Å². The Morgan fingerprint density at radius 2 is 1.72 bits per heavy atom. The highest BCUT2D eigenvalue weighted by molar-refractivity contribution is 7.89. The molecule has 0 radical (unpaired) electrons. The highest BCUT2D eigenvalue weighted by atomic mass is 35.5. The minimum absolute atomic E-state index is 0.0487. The van der Waals surface area contributed by atoms with Crippen LogP contribution in [0.2, 0.25) is 5.02 Å². The minimum Gasteiger partial charge on any atom is -0.364 e. The number of rotatable bonds is 5. The molecular formula is C25H20ClN5O4S. The fourth-order valence-electron chi connectivity index (χ4n) is 4.32. The van der Waals surface area contributed by atoms with Gasteiger partial charge in [0.05, 0.1) is 26.9 Å². The number of benzene rings is 3. The number of carbonyl (C=O) groups is 2. The van der Waals surface area contributed by atoms with Gasteiger partial charge >= 0.3 is 0 Å². The third-order valence-electron chi connectivity index (χ3n) is 6.01. The van der Waals surface area contributed by atoms with Crippen LogP contribution in [0, 0.1) is 0 Å². The smallest absolute Gasteiger partial charge is 0.269 e. The first-order valence-corrected chi connectivity index (χ1v) is 12.8. The molecule has 1 aliphatic carbocycles. The number of anilines is 1. The maximum absolute atomic E-state index is 12.8. The lowest BCUT2D eigenvalue weighted by molar-refractivity contribution is 0.0992. The lowest BCUT2D eigenvalue weighted by Crippen LogP contribution is -2.15. The largest absolute Gasteiger partial charge is 0.364 e. The molecule has 0 unspecified atom stereocenters. The first-order valence-electron chi connectivity index (χ1n) is 10.9. The topological polar surface area (TPSA) is 150 Å². The molecule has 0 fully saturated rings. The van der Waals surface area contributed by atoms with Crippen molar-refractivity contribution < 1.29 is 18.0 Å². The van der Waals surface area contributed by atoms with Gasteiger partial charge in [-0.3, -0.25) is 9.59 Å². The Balaban J connectivity index is 1.61. The number of sulfonamides is 1. The minimum atomic E-state index is -3.87. The van der Waals surface area contributed by atoms with Crippen molar-refractivity contribution in [3.8, 4) is 16.9 Å². The first kappa shape index (κ1) is 23.7. The predicted molar refractivity (Wildman–Crippen MR) is 136 cm³/mol. The molecule has 0 spiro atoms. The maximum Gasteiger partial charge on any atom is 0.269 e. The van der Waals surface area contributed by atoms with Gasteiger partial charge in [0.25, 0.3) is 11.8 Å².